The second-order valence-electron chi connectivity index (χ2n) is 20.8. The zero-order chi connectivity index (χ0) is 55.7. The molecule has 1 atom stereocenters. The van der Waals surface area contributed by atoms with Crippen LogP contribution in [0.5, 0.6) is 11.5 Å². The number of hydrogen-bond acceptors (Lipinski definition) is 14. The number of anilines is 2. The molecule has 0 radical (unpaired) electrons. The zero-order valence-electron chi connectivity index (χ0n) is 43.9. The van der Waals surface area contributed by atoms with Crippen LogP contribution in [0.1, 0.15) is 80.6 Å². The smallest absolute Gasteiger partial charge is 0.481 e. The molecule has 8 rings (SSSR count). The molecular weight excluding hydrogens is 1070 g/mol. The summed E-state index contributed by atoms with van der Waals surface area (Å²) in [4.78, 5) is 39.4. The molecule has 3 aromatic carbocycles. The Hall–Kier alpha value is -5.75. The summed E-state index contributed by atoms with van der Waals surface area (Å²) in [6, 6.07) is 18.5. The Labute approximate surface area is 459 Å². The summed E-state index contributed by atoms with van der Waals surface area (Å²) in [5, 5.41) is 13.1. The largest absolute Gasteiger partial charge is 0.501 e. The fourth-order valence-electron chi connectivity index (χ4n) is 10.6. The van der Waals surface area contributed by atoms with Crippen molar-refractivity contribution in [1.29, 1.82) is 0 Å². The number of carboxylic acid groups (broad SMARTS) is 1. The number of unbranched alkanes of at least 4 members (excludes halogenated alkanes) is 3. The van der Waals surface area contributed by atoms with Crippen LogP contribution in [0.4, 0.5) is 24.5 Å². The molecule has 422 valence electrons. The number of H-pyrrole nitrogens is 1. The molecule has 0 unspecified atom stereocenters. The van der Waals surface area contributed by atoms with Gasteiger partial charge in [0.1, 0.15) is 22.0 Å². The Morgan fingerprint density at radius 3 is 2.38 bits per heavy atom. The highest BCUT2D eigenvalue weighted by atomic mass is 35.5. The molecule has 5 aromatic rings. The van der Waals surface area contributed by atoms with E-state index in [9.17, 15) is 39.6 Å². The number of carbonyl (C=O) groups is 2. The van der Waals surface area contributed by atoms with Gasteiger partial charge in [0.2, 0.25) is 0 Å². The number of halogens is 4. The van der Waals surface area contributed by atoms with Crippen molar-refractivity contribution in [2.75, 3.05) is 102 Å². The van der Waals surface area contributed by atoms with E-state index in [0.717, 1.165) is 75.9 Å². The van der Waals surface area contributed by atoms with E-state index in [0.29, 0.717) is 99.7 Å². The van der Waals surface area contributed by atoms with Crippen molar-refractivity contribution < 1.29 is 54.2 Å². The molecule has 0 bridgehead atoms. The summed E-state index contributed by atoms with van der Waals surface area (Å²) in [6.45, 7) is 10.7. The number of sulfonamides is 1. The number of ether oxygens (including phenoxy) is 2. The second kappa shape index (κ2) is 25.6. The molecule has 0 saturated carbocycles. The highest BCUT2D eigenvalue weighted by Gasteiger charge is 2.48. The lowest BCUT2D eigenvalue weighted by molar-refractivity contribution is -0.137. The predicted molar refractivity (Wildman–Crippen MR) is 295 cm³/mol. The first kappa shape index (κ1) is 58.4. The summed E-state index contributed by atoms with van der Waals surface area (Å²) in [5.41, 5.74) is -1.23. The van der Waals surface area contributed by atoms with Gasteiger partial charge in [0.05, 0.1) is 35.6 Å². The molecule has 2 aromatic heterocycles. The third-order valence-corrected chi connectivity index (χ3v) is 17.8. The van der Waals surface area contributed by atoms with E-state index in [2.05, 4.69) is 61.0 Å². The van der Waals surface area contributed by atoms with E-state index >= 15 is 0 Å². The first-order valence-corrected chi connectivity index (χ1v) is 29.7. The molecule has 23 heteroatoms. The topological polar surface area (TPSA) is 207 Å². The number of pyridine rings is 1. The van der Waals surface area contributed by atoms with Crippen molar-refractivity contribution >= 4 is 71.3 Å². The molecule has 4 N–H and O–H groups in total. The number of aromatic nitrogens is 2. The average Bonchev–Trinajstić information content (AvgIpc) is 3.87. The van der Waals surface area contributed by atoms with Crippen LogP contribution in [0.25, 0.3) is 16.6 Å². The van der Waals surface area contributed by atoms with Crippen molar-refractivity contribution in [2.24, 2.45) is 5.41 Å². The van der Waals surface area contributed by atoms with Crippen molar-refractivity contribution in [3.05, 3.63) is 107 Å². The van der Waals surface area contributed by atoms with Crippen LogP contribution in [0, 0.1) is 5.41 Å². The van der Waals surface area contributed by atoms with Crippen LogP contribution in [0.2, 0.25) is 5.02 Å². The minimum Gasteiger partial charge on any atom is -0.481 e. The predicted octanol–water partition coefficient (Wildman–Crippen LogP) is 9.29. The van der Waals surface area contributed by atoms with Crippen molar-refractivity contribution in [1.82, 2.24) is 29.4 Å². The maximum absolute atomic E-state index is 14.1. The molecule has 1 aliphatic carbocycles. The van der Waals surface area contributed by atoms with Gasteiger partial charge < -0.3 is 34.7 Å². The van der Waals surface area contributed by atoms with Crippen LogP contribution < -0.4 is 19.7 Å². The lowest BCUT2D eigenvalue weighted by Gasteiger charge is -2.42. The zero-order valence-corrected chi connectivity index (χ0v) is 46.3. The summed E-state index contributed by atoms with van der Waals surface area (Å²) >= 11 is 6.33. The van der Waals surface area contributed by atoms with E-state index in [1.807, 2.05) is 16.9 Å². The average molecular weight is 1140 g/mol. The number of rotatable bonds is 24. The summed E-state index contributed by atoms with van der Waals surface area (Å²) < 4.78 is 109. The van der Waals surface area contributed by atoms with Crippen LogP contribution in [0.3, 0.4) is 0 Å². The lowest BCUT2D eigenvalue weighted by atomic mass is 9.71. The van der Waals surface area contributed by atoms with Gasteiger partial charge in [-0.3, -0.25) is 19.4 Å². The monoisotopic (exact) mass is 1140 g/mol. The number of aliphatic carboxylic acids is 1. The van der Waals surface area contributed by atoms with E-state index in [1.54, 1.807) is 30.5 Å². The number of carbonyl (C=O) groups excluding carboxylic acids is 1. The molecule has 78 heavy (non-hydrogen) atoms. The molecule has 17 nitrogen and oxygen atoms in total. The fraction of sp³-hybridized carbons (Fsp3) is 0.473. The number of sulfone groups is 1. The molecule has 3 aliphatic rings. The number of carboxylic acids is 1. The second-order valence-corrected chi connectivity index (χ2v) is 24.8. The first-order valence-electron chi connectivity index (χ1n) is 26.3. The quantitative estimate of drug-likeness (QED) is 0.0425. The Morgan fingerprint density at radius 1 is 0.910 bits per heavy atom. The van der Waals surface area contributed by atoms with Gasteiger partial charge in [-0.2, -0.15) is 13.2 Å². The Balaban J connectivity index is 0.981. The van der Waals surface area contributed by atoms with Crippen molar-refractivity contribution in [3.8, 4) is 11.5 Å². The van der Waals surface area contributed by atoms with E-state index in [-0.39, 0.29) is 35.4 Å². The van der Waals surface area contributed by atoms with Crippen molar-refractivity contribution in [2.45, 2.75) is 80.0 Å². The van der Waals surface area contributed by atoms with Crippen LogP contribution in [0.15, 0.2) is 101 Å². The third-order valence-electron chi connectivity index (χ3n) is 14.7. The van der Waals surface area contributed by atoms with Gasteiger partial charge in [-0.25, -0.2) is 26.5 Å². The Bertz CT molecular complexity index is 3170. The number of piperazine rings is 1. The molecule has 2 fully saturated rings. The molecule has 2 saturated heterocycles. The SMILES string of the molecule is CN(CCCCCCC(=O)O)C[C@]1(C)CCC(c2ccc(Cl)cc2)=C(CN2CCN(c3ccc(C(=O)NS(=O)(=O)c4ccc(NCCCN5CCOCC5)c(S(=O)(=O)C(F)(F)F)c4)c(Oc4cnc5[nH]ccc5c4)c3)CC2)C1. The maximum atomic E-state index is 14.1. The third kappa shape index (κ3) is 15.1. The van der Waals surface area contributed by atoms with Gasteiger partial charge in [-0.05, 0) is 130 Å². The van der Waals surface area contributed by atoms with E-state index in [4.69, 9.17) is 26.2 Å². The van der Waals surface area contributed by atoms with Gasteiger partial charge in [-0.1, -0.05) is 49.1 Å². The molecule has 1 amide bonds. The highest BCUT2D eigenvalue weighted by molar-refractivity contribution is 7.92. The van der Waals surface area contributed by atoms with Gasteiger partial charge in [0.25, 0.3) is 25.8 Å². The number of benzene rings is 3. The summed E-state index contributed by atoms with van der Waals surface area (Å²) in [7, 11) is -8.89. The van der Waals surface area contributed by atoms with E-state index < -0.39 is 52.7 Å². The Kier molecular flexibility index (Phi) is 19.1. The standard InChI is InChI=1S/C55H68ClF3N8O9S2/c1-54(38-64(2)22-6-4-3-5-8-51(68)69)19-17-46(39-9-11-42(56)12-10-39)41(35-54)37-66-24-26-67(27-25-66)43-13-15-47(49(33-43)76-44-32-40-18-21-61-52(40)62-36-44)53(70)63-78(73,74)45-14-16-48(50(34-45)77(71,72)55(57,58)59)60-20-7-23-65-28-30-75-31-29-65/h9-16,18,21,32-34,36,60H,3-8,17,19-20,22-31,35,37-38H2,1-2H3,(H,61,62)(H,63,70)(H,68,69)/t54-/m1/s1. The van der Waals surface area contributed by atoms with Gasteiger partial charge in [-0.15, -0.1) is 0 Å². The van der Waals surface area contributed by atoms with Gasteiger partial charge >= 0.3 is 11.5 Å². The minimum atomic E-state index is -6.06. The number of alkyl halides is 3. The maximum Gasteiger partial charge on any atom is 0.501 e. The normalized spacial score (nSPS) is 18.2. The van der Waals surface area contributed by atoms with Gasteiger partial charge in [0.15, 0.2) is 0 Å². The summed E-state index contributed by atoms with van der Waals surface area (Å²) in [5.74, 6) is -1.72. The molecule has 4 heterocycles. The number of allylic oxidation sites excluding steroid dienone is 1. The number of hydrogen-bond donors (Lipinski definition) is 4. The molecule has 2 aliphatic heterocycles. The van der Waals surface area contributed by atoms with E-state index in [1.165, 1.54) is 23.4 Å². The highest BCUT2D eigenvalue weighted by Crippen LogP contribution is 2.44. The molecular formula is C55H68ClF3N8O9S2. The first-order chi connectivity index (χ1) is 37.2. The minimum absolute atomic E-state index is 0.0290. The lowest BCUT2D eigenvalue weighted by Crippen LogP contribution is -2.47. The van der Waals surface area contributed by atoms with Gasteiger partial charge in [0, 0.05) is 93.7 Å². The number of nitrogens with zero attached hydrogens (tertiary/aromatic N) is 5. The number of fused-ring (bicyclic) bond motifs is 1. The summed E-state index contributed by atoms with van der Waals surface area (Å²) in [6.07, 6.45) is 10.3. The van der Waals surface area contributed by atoms with Crippen molar-refractivity contribution in [3.63, 3.8) is 0 Å². The molecule has 0 spiro atoms. The Morgan fingerprint density at radius 2 is 1.65 bits per heavy atom. The number of morpholine rings is 1. The number of aromatic amines is 1. The fourth-order valence-corrected chi connectivity index (χ4v) is 12.8. The number of amides is 1. The van der Waals surface area contributed by atoms with Crippen LogP contribution in [-0.2, 0) is 29.4 Å². The van der Waals surface area contributed by atoms with Crippen LogP contribution >= 0.6 is 11.6 Å². The van der Waals surface area contributed by atoms with Crippen LogP contribution in [-0.4, -0.2) is 156 Å². The number of nitrogens with one attached hydrogen (secondary N) is 3.